The SMILES string of the molecule is CCOC1CC(NCCCCOC)C12CCC2. The molecule has 17 heavy (non-hydrogen) atoms. The Balaban J connectivity index is 1.65. The Morgan fingerprint density at radius 1 is 1.29 bits per heavy atom. The fourth-order valence-electron chi connectivity index (χ4n) is 3.37. The van der Waals surface area contributed by atoms with Crippen molar-refractivity contribution in [3.05, 3.63) is 0 Å². The van der Waals surface area contributed by atoms with Crippen LogP contribution in [-0.4, -0.2) is 39.0 Å². The van der Waals surface area contributed by atoms with Gasteiger partial charge in [0.1, 0.15) is 0 Å². The van der Waals surface area contributed by atoms with Crippen LogP contribution in [0.2, 0.25) is 0 Å². The van der Waals surface area contributed by atoms with Crippen LogP contribution in [0.1, 0.15) is 45.4 Å². The first-order valence-corrected chi connectivity index (χ1v) is 7.17. The lowest BCUT2D eigenvalue weighted by atomic mass is 9.51. The molecule has 2 fully saturated rings. The van der Waals surface area contributed by atoms with E-state index in [4.69, 9.17) is 9.47 Å². The number of rotatable bonds is 8. The number of hydrogen-bond acceptors (Lipinski definition) is 3. The minimum atomic E-state index is 0.511. The Bertz CT molecular complexity index is 228. The van der Waals surface area contributed by atoms with Crippen LogP contribution in [0.4, 0.5) is 0 Å². The third kappa shape index (κ3) is 2.67. The van der Waals surface area contributed by atoms with Crippen LogP contribution in [0.3, 0.4) is 0 Å². The number of unbranched alkanes of at least 4 members (excludes halogenated alkanes) is 1. The normalized spacial score (nSPS) is 30.0. The minimum Gasteiger partial charge on any atom is -0.385 e. The van der Waals surface area contributed by atoms with Crippen molar-refractivity contribution in [1.82, 2.24) is 5.32 Å². The highest BCUT2D eigenvalue weighted by atomic mass is 16.5. The van der Waals surface area contributed by atoms with Crippen molar-refractivity contribution in [3.63, 3.8) is 0 Å². The quantitative estimate of drug-likeness (QED) is 0.662. The van der Waals surface area contributed by atoms with E-state index in [9.17, 15) is 0 Å². The molecule has 0 amide bonds. The maximum atomic E-state index is 5.85. The Kier molecular flexibility index (Phi) is 4.83. The molecule has 1 spiro atoms. The van der Waals surface area contributed by atoms with Gasteiger partial charge in [-0.15, -0.1) is 0 Å². The van der Waals surface area contributed by atoms with Gasteiger partial charge in [-0.05, 0) is 45.6 Å². The summed E-state index contributed by atoms with van der Waals surface area (Å²) in [5.74, 6) is 0. The summed E-state index contributed by atoms with van der Waals surface area (Å²) in [4.78, 5) is 0. The molecule has 0 aromatic heterocycles. The largest absolute Gasteiger partial charge is 0.385 e. The van der Waals surface area contributed by atoms with E-state index in [1.165, 1.54) is 32.1 Å². The van der Waals surface area contributed by atoms with E-state index in [0.29, 0.717) is 11.5 Å². The van der Waals surface area contributed by atoms with Gasteiger partial charge in [-0.2, -0.15) is 0 Å². The molecule has 0 radical (unpaired) electrons. The van der Waals surface area contributed by atoms with Crippen molar-refractivity contribution in [2.24, 2.45) is 5.41 Å². The second-order valence-corrected chi connectivity index (χ2v) is 5.47. The minimum absolute atomic E-state index is 0.511. The van der Waals surface area contributed by atoms with Gasteiger partial charge in [0.2, 0.25) is 0 Å². The molecule has 1 N–H and O–H groups in total. The smallest absolute Gasteiger partial charge is 0.0661 e. The molecule has 0 saturated heterocycles. The summed E-state index contributed by atoms with van der Waals surface area (Å²) >= 11 is 0. The molecule has 0 heterocycles. The first-order valence-electron chi connectivity index (χ1n) is 7.17. The second kappa shape index (κ2) is 6.17. The molecular formula is C14H27NO2. The van der Waals surface area contributed by atoms with Crippen LogP contribution in [0.25, 0.3) is 0 Å². The molecular weight excluding hydrogens is 214 g/mol. The van der Waals surface area contributed by atoms with Gasteiger partial charge in [-0.25, -0.2) is 0 Å². The molecule has 2 atom stereocenters. The van der Waals surface area contributed by atoms with Gasteiger partial charge in [0.05, 0.1) is 6.10 Å². The van der Waals surface area contributed by atoms with Crippen molar-refractivity contribution >= 4 is 0 Å². The Morgan fingerprint density at radius 3 is 2.71 bits per heavy atom. The molecule has 2 rings (SSSR count). The third-order valence-electron chi connectivity index (χ3n) is 4.60. The lowest BCUT2D eigenvalue weighted by molar-refractivity contribution is -0.172. The molecule has 0 aromatic rings. The summed E-state index contributed by atoms with van der Waals surface area (Å²) in [5.41, 5.74) is 0.511. The number of hydrogen-bond donors (Lipinski definition) is 1. The predicted molar refractivity (Wildman–Crippen MR) is 69.2 cm³/mol. The molecule has 0 bridgehead atoms. The van der Waals surface area contributed by atoms with E-state index in [0.717, 1.165) is 32.2 Å². The first-order chi connectivity index (χ1) is 8.33. The molecule has 100 valence electrons. The van der Waals surface area contributed by atoms with Crippen molar-refractivity contribution in [2.45, 2.75) is 57.6 Å². The summed E-state index contributed by atoms with van der Waals surface area (Å²) in [6.45, 7) is 5.00. The molecule has 0 aromatic carbocycles. The molecule has 2 saturated carbocycles. The highest BCUT2D eigenvalue weighted by molar-refractivity contribution is 5.11. The third-order valence-corrected chi connectivity index (χ3v) is 4.60. The summed E-state index contributed by atoms with van der Waals surface area (Å²) in [7, 11) is 1.77. The van der Waals surface area contributed by atoms with Crippen molar-refractivity contribution in [2.75, 3.05) is 26.9 Å². The number of methoxy groups -OCH3 is 1. The molecule has 2 unspecified atom stereocenters. The predicted octanol–water partition coefficient (Wildman–Crippen LogP) is 2.35. The van der Waals surface area contributed by atoms with Crippen molar-refractivity contribution in [3.8, 4) is 0 Å². The lowest BCUT2D eigenvalue weighted by Crippen LogP contribution is -2.66. The van der Waals surface area contributed by atoms with Gasteiger partial charge in [0.15, 0.2) is 0 Å². The molecule has 2 aliphatic rings. The van der Waals surface area contributed by atoms with E-state index in [1.54, 1.807) is 7.11 Å². The van der Waals surface area contributed by atoms with Crippen LogP contribution >= 0.6 is 0 Å². The first kappa shape index (κ1) is 13.3. The Morgan fingerprint density at radius 2 is 2.12 bits per heavy atom. The van der Waals surface area contributed by atoms with E-state index in [1.807, 2.05) is 0 Å². The Labute approximate surface area is 105 Å². The summed E-state index contributed by atoms with van der Waals surface area (Å²) < 4.78 is 10.9. The van der Waals surface area contributed by atoms with Crippen LogP contribution in [0.15, 0.2) is 0 Å². The zero-order chi connectivity index (χ0) is 12.1. The van der Waals surface area contributed by atoms with E-state index in [2.05, 4.69) is 12.2 Å². The average Bonchev–Trinajstić information content (AvgIpc) is 2.23. The number of ether oxygens (including phenoxy) is 2. The molecule has 0 aliphatic heterocycles. The zero-order valence-corrected chi connectivity index (χ0v) is 11.3. The monoisotopic (exact) mass is 241 g/mol. The molecule has 2 aliphatic carbocycles. The van der Waals surface area contributed by atoms with Crippen LogP contribution in [0, 0.1) is 5.41 Å². The maximum Gasteiger partial charge on any atom is 0.0661 e. The van der Waals surface area contributed by atoms with E-state index >= 15 is 0 Å². The second-order valence-electron chi connectivity index (χ2n) is 5.47. The van der Waals surface area contributed by atoms with Gasteiger partial charge in [0, 0.05) is 31.8 Å². The van der Waals surface area contributed by atoms with E-state index in [-0.39, 0.29) is 0 Å². The lowest BCUT2D eigenvalue weighted by Gasteiger charge is -2.61. The van der Waals surface area contributed by atoms with Gasteiger partial charge >= 0.3 is 0 Å². The van der Waals surface area contributed by atoms with Gasteiger partial charge in [-0.3, -0.25) is 0 Å². The molecule has 3 nitrogen and oxygen atoms in total. The van der Waals surface area contributed by atoms with Gasteiger partial charge in [0.25, 0.3) is 0 Å². The number of nitrogens with one attached hydrogen (secondary N) is 1. The fourth-order valence-corrected chi connectivity index (χ4v) is 3.37. The fraction of sp³-hybridized carbons (Fsp3) is 1.00. The van der Waals surface area contributed by atoms with Crippen LogP contribution < -0.4 is 5.32 Å². The highest BCUT2D eigenvalue weighted by Crippen LogP contribution is 2.57. The standard InChI is InChI=1S/C14H27NO2/c1-3-17-13-11-12(14(13)7-6-8-14)15-9-4-5-10-16-2/h12-13,15H,3-11H2,1-2H3. The van der Waals surface area contributed by atoms with Crippen LogP contribution in [-0.2, 0) is 9.47 Å². The zero-order valence-electron chi connectivity index (χ0n) is 11.3. The summed E-state index contributed by atoms with van der Waals surface area (Å²) in [6.07, 6.45) is 8.28. The average molecular weight is 241 g/mol. The van der Waals surface area contributed by atoms with Crippen molar-refractivity contribution < 1.29 is 9.47 Å². The maximum absolute atomic E-state index is 5.85. The highest BCUT2D eigenvalue weighted by Gasteiger charge is 2.58. The van der Waals surface area contributed by atoms with Gasteiger partial charge in [-0.1, -0.05) is 6.42 Å². The summed E-state index contributed by atoms with van der Waals surface area (Å²) in [6, 6.07) is 0.718. The molecule has 3 heteroatoms. The topological polar surface area (TPSA) is 30.5 Å². The van der Waals surface area contributed by atoms with Crippen LogP contribution in [0.5, 0.6) is 0 Å². The van der Waals surface area contributed by atoms with Crippen molar-refractivity contribution in [1.29, 1.82) is 0 Å². The Hall–Kier alpha value is -0.120. The van der Waals surface area contributed by atoms with E-state index < -0.39 is 0 Å². The summed E-state index contributed by atoms with van der Waals surface area (Å²) in [5, 5.41) is 3.72. The van der Waals surface area contributed by atoms with Gasteiger partial charge < -0.3 is 14.8 Å².